The molecule has 18 heavy (non-hydrogen) atoms. The highest BCUT2D eigenvalue weighted by atomic mass is 79.9. The Labute approximate surface area is 122 Å². The van der Waals surface area contributed by atoms with Crippen LogP contribution in [0.5, 0.6) is 0 Å². The van der Waals surface area contributed by atoms with Crippen LogP contribution in [0.15, 0.2) is 5.38 Å². The fraction of sp³-hybridized carbons (Fsp3) is 0.769. The Morgan fingerprint density at radius 2 is 2.33 bits per heavy atom. The van der Waals surface area contributed by atoms with Crippen molar-refractivity contribution in [2.75, 3.05) is 25.0 Å². The predicted octanol–water partition coefficient (Wildman–Crippen LogP) is 3.04. The van der Waals surface area contributed by atoms with E-state index in [1.807, 2.05) is 0 Å². The zero-order valence-electron chi connectivity index (χ0n) is 11.3. The first kappa shape index (κ1) is 14.4. The summed E-state index contributed by atoms with van der Waals surface area (Å²) in [6.07, 6.45) is 0.320. The first-order valence-electron chi connectivity index (χ1n) is 6.34. The fourth-order valence-electron chi connectivity index (χ4n) is 1.94. The van der Waals surface area contributed by atoms with E-state index in [4.69, 9.17) is 9.72 Å². The molecular formula is C13H21BrN2OS. The number of alkyl halides is 1. The molecule has 1 aliphatic rings. The molecule has 1 unspecified atom stereocenters. The summed E-state index contributed by atoms with van der Waals surface area (Å²) in [6, 6.07) is 0. The number of thiazole rings is 1. The third-order valence-electron chi connectivity index (χ3n) is 3.07. The summed E-state index contributed by atoms with van der Waals surface area (Å²) in [5, 5.41) is 4.32. The normalized spacial score (nSPS) is 22.3. The van der Waals surface area contributed by atoms with Crippen molar-refractivity contribution in [2.45, 2.75) is 38.8 Å². The maximum Gasteiger partial charge on any atom is 0.107 e. The van der Waals surface area contributed by atoms with Gasteiger partial charge in [-0.2, -0.15) is 0 Å². The van der Waals surface area contributed by atoms with Gasteiger partial charge in [-0.15, -0.1) is 11.3 Å². The maximum atomic E-state index is 5.65. The molecular weight excluding hydrogens is 312 g/mol. The molecule has 2 rings (SSSR count). The number of morpholine rings is 1. The molecule has 1 aliphatic heterocycles. The minimum atomic E-state index is 0.151. The second-order valence-corrected chi connectivity index (χ2v) is 7.35. The van der Waals surface area contributed by atoms with Crippen LogP contribution in [0, 0.1) is 0 Å². The minimum absolute atomic E-state index is 0.151. The highest BCUT2D eigenvalue weighted by Crippen LogP contribution is 2.24. The van der Waals surface area contributed by atoms with Crippen LogP contribution in [0.2, 0.25) is 0 Å². The van der Waals surface area contributed by atoms with E-state index in [1.165, 1.54) is 10.7 Å². The van der Waals surface area contributed by atoms with Crippen LogP contribution in [0.1, 0.15) is 31.5 Å². The van der Waals surface area contributed by atoms with Gasteiger partial charge in [0.25, 0.3) is 0 Å². The molecule has 0 aliphatic carbocycles. The van der Waals surface area contributed by atoms with Gasteiger partial charge in [0.1, 0.15) is 5.01 Å². The molecule has 0 bridgehead atoms. The van der Waals surface area contributed by atoms with Crippen molar-refractivity contribution in [1.82, 2.24) is 9.88 Å². The van der Waals surface area contributed by atoms with Gasteiger partial charge in [0.15, 0.2) is 0 Å². The number of halogens is 1. The van der Waals surface area contributed by atoms with E-state index >= 15 is 0 Å². The Morgan fingerprint density at radius 3 is 2.94 bits per heavy atom. The van der Waals surface area contributed by atoms with Crippen molar-refractivity contribution in [3.05, 3.63) is 16.1 Å². The van der Waals surface area contributed by atoms with Crippen LogP contribution in [0.3, 0.4) is 0 Å². The van der Waals surface area contributed by atoms with E-state index in [9.17, 15) is 0 Å². The molecule has 0 amide bonds. The first-order valence-corrected chi connectivity index (χ1v) is 8.34. The molecule has 1 saturated heterocycles. The summed E-state index contributed by atoms with van der Waals surface area (Å²) in [4.78, 5) is 7.18. The van der Waals surface area contributed by atoms with Gasteiger partial charge in [0.2, 0.25) is 0 Å². The van der Waals surface area contributed by atoms with Crippen molar-refractivity contribution in [1.29, 1.82) is 0 Å². The lowest BCUT2D eigenvalue weighted by molar-refractivity contribution is -0.0181. The van der Waals surface area contributed by atoms with Crippen LogP contribution in [-0.2, 0) is 16.7 Å². The Balaban J connectivity index is 1.95. The summed E-state index contributed by atoms with van der Waals surface area (Å²) in [6.45, 7) is 10.4. The van der Waals surface area contributed by atoms with Crippen LogP contribution < -0.4 is 0 Å². The van der Waals surface area contributed by atoms with E-state index in [1.54, 1.807) is 11.3 Å². The highest BCUT2D eigenvalue weighted by molar-refractivity contribution is 9.09. The molecule has 2 heterocycles. The summed E-state index contributed by atoms with van der Waals surface area (Å²) in [7, 11) is 0. The number of nitrogens with zero attached hydrogens (tertiary/aromatic N) is 2. The van der Waals surface area contributed by atoms with Gasteiger partial charge in [-0.25, -0.2) is 4.98 Å². The summed E-state index contributed by atoms with van der Waals surface area (Å²) >= 11 is 5.26. The molecule has 5 heteroatoms. The second-order valence-electron chi connectivity index (χ2n) is 5.76. The fourth-order valence-corrected chi connectivity index (χ4v) is 3.39. The third kappa shape index (κ3) is 3.76. The molecule has 0 radical (unpaired) electrons. The monoisotopic (exact) mass is 332 g/mol. The summed E-state index contributed by atoms with van der Waals surface area (Å²) < 4.78 is 5.65. The number of rotatable bonds is 3. The average molecular weight is 333 g/mol. The van der Waals surface area contributed by atoms with Gasteiger partial charge in [-0.1, -0.05) is 36.7 Å². The lowest BCUT2D eigenvalue weighted by Gasteiger charge is -2.31. The molecule has 0 N–H and O–H groups in total. The van der Waals surface area contributed by atoms with E-state index in [0.717, 1.165) is 31.6 Å². The van der Waals surface area contributed by atoms with Gasteiger partial charge in [-0.3, -0.25) is 4.90 Å². The molecule has 1 aromatic heterocycles. The first-order chi connectivity index (χ1) is 8.49. The topological polar surface area (TPSA) is 25.4 Å². The van der Waals surface area contributed by atoms with Gasteiger partial charge in [0.05, 0.1) is 24.9 Å². The lowest BCUT2D eigenvalue weighted by Crippen LogP contribution is -2.42. The highest BCUT2D eigenvalue weighted by Gasteiger charge is 2.22. The minimum Gasteiger partial charge on any atom is -0.375 e. The Bertz CT molecular complexity index is 389. The van der Waals surface area contributed by atoms with E-state index in [0.29, 0.717) is 6.10 Å². The molecule has 1 atom stereocenters. The number of hydrogen-bond donors (Lipinski definition) is 0. The van der Waals surface area contributed by atoms with E-state index in [-0.39, 0.29) is 5.41 Å². The second kappa shape index (κ2) is 5.99. The number of ether oxygens (including phenoxy) is 1. The number of hydrogen-bond acceptors (Lipinski definition) is 4. The van der Waals surface area contributed by atoms with Crippen molar-refractivity contribution in [3.8, 4) is 0 Å². The average Bonchev–Trinajstić information content (AvgIpc) is 2.77. The maximum absolute atomic E-state index is 5.65. The molecule has 0 spiro atoms. The van der Waals surface area contributed by atoms with Crippen LogP contribution in [0.25, 0.3) is 0 Å². The third-order valence-corrected chi connectivity index (χ3v) is 4.63. The molecule has 0 saturated carbocycles. The van der Waals surface area contributed by atoms with Gasteiger partial charge in [-0.05, 0) is 0 Å². The zero-order chi connectivity index (χ0) is 13.2. The van der Waals surface area contributed by atoms with E-state index < -0.39 is 0 Å². The smallest absolute Gasteiger partial charge is 0.107 e. The summed E-state index contributed by atoms with van der Waals surface area (Å²) in [5.41, 5.74) is 1.35. The SMILES string of the molecule is CC(C)(C)c1csc(CN2CCOC(CBr)C2)n1. The lowest BCUT2D eigenvalue weighted by atomic mass is 9.93. The molecule has 102 valence electrons. The Hall–Kier alpha value is 0.0300. The quantitative estimate of drug-likeness (QED) is 0.795. The molecule has 1 aromatic rings. The zero-order valence-corrected chi connectivity index (χ0v) is 13.7. The Morgan fingerprint density at radius 1 is 1.56 bits per heavy atom. The molecule has 0 aromatic carbocycles. The molecule has 3 nitrogen and oxygen atoms in total. The van der Waals surface area contributed by atoms with Crippen LogP contribution >= 0.6 is 27.3 Å². The van der Waals surface area contributed by atoms with Crippen LogP contribution in [-0.4, -0.2) is 41.0 Å². The number of aromatic nitrogens is 1. The van der Waals surface area contributed by atoms with Crippen molar-refractivity contribution in [3.63, 3.8) is 0 Å². The van der Waals surface area contributed by atoms with E-state index in [2.05, 4.69) is 47.0 Å². The Kier molecular flexibility index (Phi) is 4.80. The van der Waals surface area contributed by atoms with Gasteiger partial charge in [0, 0.05) is 29.2 Å². The standard InChI is InChI=1S/C13H21BrN2OS/c1-13(2,3)11-9-18-12(15-11)8-16-4-5-17-10(6-14)7-16/h9-10H,4-8H2,1-3H3. The predicted molar refractivity (Wildman–Crippen MR) is 79.6 cm³/mol. The largest absolute Gasteiger partial charge is 0.375 e. The van der Waals surface area contributed by atoms with Gasteiger partial charge >= 0.3 is 0 Å². The summed E-state index contributed by atoms with van der Waals surface area (Å²) in [5.74, 6) is 0. The van der Waals surface area contributed by atoms with Crippen LogP contribution in [0.4, 0.5) is 0 Å². The van der Waals surface area contributed by atoms with Crippen molar-refractivity contribution >= 4 is 27.3 Å². The van der Waals surface area contributed by atoms with Crippen molar-refractivity contribution < 1.29 is 4.74 Å². The van der Waals surface area contributed by atoms with Crippen molar-refractivity contribution in [2.24, 2.45) is 0 Å². The molecule has 1 fully saturated rings. The van der Waals surface area contributed by atoms with Gasteiger partial charge < -0.3 is 4.74 Å².